The van der Waals surface area contributed by atoms with Crippen molar-refractivity contribution in [3.05, 3.63) is 206 Å². The zero-order valence-corrected chi connectivity index (χ0v) is 29.5. The molecule has 0 N–H and O–H groups in total. The first kappa shape index (κ1) is 32.0. The first-order valence-electron chi connectivity index (χ1n) is 18.0. The summed E-state index contributed by atoms with van der Waals surface area (Å²) in [5.74, 6) is 0. The molecule has 53 heavy (non-hydrogen) atoms. The summed E-state index contributed by atoms with van der Waals surface area (Å²) in [7, 11) is 0. The Balaban J connectivity index is 1.12. The van der Waals surface area contributed by atoms with Crippen LogP contribution < -0.4 is 4.90 Å². The Morgan fingerprint density at radius 3 is 1.75 bits per heavy atom. The summed E-state index contributed by atoms with van der Waals surface area (Å²) in [6, 6.07) is 60.7. The van der Waals surface area contributed by atoms with Gasteiger partial charge in [0.15, 0.2) is 0 Å². The van der Waals surface area contributed by atoms with Crippen molar-refractivity contribution in [3.63, 3.8) is 0 Å². The van der Waals surface area contributed by atoms with Gasteiger partial charge in [-0.25, -0.2) is 0 Å². The van der Waals surface area contributed by atoms with Gasteiger partial charge < -0.3 is 9.32 Å². The fourth-order valence-corrected chi connectivity index (χ4v) is 7.57. The van der Waals surface area contributed by atoms with Crippen molar-refractivity contribution >= 4 is 54.9 Å². The molecule has 1 aromatic heterocycles. The number of rotatable bonds is 8. The van der Waals surface area contributed by atoms with E-state index < -0.39 is 0 Å². The average Bonchev–Trinajstić information content (AvgIpc) is 3.61. The lowest BCUT2D eigenvalue weighted by Crippen LogP contribution is -2.14. The lowest BCUT2D eigenvalue weighted by atomic mass is 9.96. The van der Waals surface area contributed by atoms with Gasteiger partial charge in [0.1, 0.15) is 11.2 Å². The van der Waals surface area contributed by atoms with Crippen molar-refractivity contribution in [3.8, 4) is 33.4 Å². The average molecular weight is 680 g/mol. The monoisotopic (exact) mass is 679 g/mol. The van der Waals surface area contributed by atoms with Gasteiger partial charge in [0.2, 0.25) is 0 Å². The Kier molecular flexibility index (Phi) is 8.26. The summed E-state index contributed by atoms with van der Waals surface area (Å²) in [6.45, 7) is 5.97. The standard InChI is InChI=1S/C51H37NO/c1-3-4-7-13-35(2)52(43-28-22-38(23-29-43)36-14-8-5-9-15-36)44-30-24-39(25-31-44)46-18-12-19-47-48-33-26-40-20-21-42-34-41(37-16-10-6-11-17-37)27-32-45(42)49(40)51(48)53-50(46)47/h3-34H,1H2,2H3/b7-4-,35-13+. The molecule has 252 valence electrons. The van der Waals surface area contributed by atoms with Gasteiger partial charge in [0.25, 0.3) is 0 Å². The highest BCUT2D eigenvalue weighted by molar-refractivity contribution is 6.24. The van der Waals surface area contributed by atoms with Crippen molar-refractivity contribution in [1.82, 2.24) is 0 Å². The third kappa shape index (κ3) is 5.91. The molecule has 2 nitrogen and oxygen atoms in total. The van der Waals surface area contributed by atoms with Gasteiger partial charge in [-0.15, -0.1) is 0 Å². The molecule has 0 aliphatic heterocycles. The van der Waals surface area contributed by atoms with Crippen LogP contribution in [0.25, 0.3) is 76.9 Å². The molecule has 1 heterocycles. The van der Waals surface area contributed by atoms with Crippen molar-refractivity contribution < 1.29 is 4.42 Å². The highest BCUT2D eigenvalue weighted by Gasteiger charge is 2.17. The third-order valence-corrected chi connectivity index (χ3v) is 10.2. The molecule has 0 saturated heterocycles. The lowest BCUT2D eigenvalue weighted by molar-refractivity contribution is 0.674. The fraction of sp³-hybridized carbons (Fsp3) is 0.0196. The van der Waals surface area contributed by atoms with E-state index in [-0.39, 0.29) is 0 Å². The second-order valence-electron chi connectivity index (χ2n) is 13.4. The molecule has 9 rings (SSSR count). The largest absolute Gasteiger partial charge is 0.455 e. The summed E-state index contributed by atoms with van der Waals surface area (Å²) < 4.78 is 6.93. The van der Waals surface area contributed by atoms with Crippen LogP contribution in [0.1, 0.15) is 6.92 Å². The molecular formula is C51H37NO. The first-order valence-corrected chi connectivity index (χ1v) is 18.0. The quantitative estimate of drug-likeness (QED) is 0.117. The van der Waals surface area contributed by atoms with Gasteiger partial charge in [-0.05, 0) is 93.4 Å². The molecule has 0 radical (unpaired) electrons. The van der Waals surface area contributed by atoms with E-state index in [2.05, 4.69) is 188 Å². The van der Waals surface area contributed by atoms with E-state index in [1.165, 1.54) is 38.4 Å². The molecule has 0 fully saturated rings. The normalized spacial score (nSPS) is 12.0. The summed E-state index contributed by atoms with van der Waals surface area (Å²) >= 11 is 0. The van der Waals surface area contributed by atoms with E-state index in [4.69, 9.17) is 4.42 Å². The van der Waals surface area contributed by atoms with Crippen LogP contribution in [0.15, 0.2) is 211 Å². The fourth-order valence-electron chi connectivity index (χ4n) is 7.57. The van der Waals surface area contributed by atoms with Gasteiger partial charge in [-0.2, -0.15) is 0 Å². The maximum Gasteiger partial charge on any atom is 0.143 e. The maximum absolute atomic E-state index is 6.93. The maximum atomic E-state index is 6.93. The Morgan fingerprint density at radius 2 is 1.06 bits per heavy atom. The van der Waals surface area contributed by atoms with Crippen LogP contribution in [0.2, 0.25) is 0 Å². The molecule has 0 amide bonds. The first-order chi connectivity index (χ1) is 26.2. The minimum atomic E-state index is 0.902. The van der Waals surface area contributed by atoms with Gasteiger partial charge in [-0.1, -0.05) is 158 Å². The number of furan rings is 1. The summed E-state index contributed by atoms with van der Waals surface area (Å²) in [4.78, 5) is 2.29. The van der Waals surface area contributed by atoms with Crippen molar-refractivity contribution in [2.24, 2.45) is 0 Å². The highest BCUT2D eigenvalue weighted by Crippen LogP contribution is 2.42. The van der Waals surface area contributed by atoms with E-state index >= 15 is 0 Å². The van der Waals surface area contributed by atoms with E-state index in [1.807, 2.05) is 18.2 Å². The van der Waals surface area contributed by atoms with Crippen LogP contribution in [0.5, 0.6) is 0 Å². The van der Waals surface area contributed by atoms with E-state index in [1.54, 1.807) is 6.08 Å². The Hall–Kier alpha value is -6.90. The topological polar surface area (TPSA) is 16.4 Å². The number of para-hydroxylation sites is 1. The molecule has 0 unspecified atom stereocenters. The van der Waals surface area contributed by atoms with Crippen LogP contribution in [-0.2, 0) is 0 Å². The van der Waals surface area contributed by atoms with Crippen molar-refractivity contribution in [2.45, 2.75) is 6.92 Å². The van der Waals surface area contributed by atoms with Gasteiger partial charge >= 0.3 is 0 Å². The zero-order valence-electron chi connectivity index (χ0n) is 29.5. The zero-order chi connectivity index (χ0) is 35.7. The smallest absolute Gasteiger partial charge is 0.143 e. The third-order valence-electron chi connectivity index (χ3n) is 10.2. The molecule has 0 atom stereocenters. The lowest BCUT2D eigenvalue weighted by Gasteiger charge is -2.26. The van der Waals surface area contributed by atoms with Gasteiger partial charge in [0, 0.05) is 38.8 Å². The molecule has 0 bridgehead atoms. The van der Waals surface area contributed by atoms with Crippen molar-refractivity contribution in [2.75, 3.05) is 4.90 Å². The number of nitrogens with zero attached hydrogens (tertiary/aromatic N) is 1. The van der Waals surface area contributed by atoms with E-state index in [0.29, 0.717) is 0 Å². The second-order valence-corrected chi connectivity index (χ2v) is 13.4. The molecule has 0 saturated carbocycles. The predicted molar refractivity (Wildman–Crippen MR) is 227 cm³/mol. The van der Waals surface area contributed by atoms with Gasteiger partial charge in [-0.3, -0.25) is 0 Å². The summed E-state index contributed by atoms with van der Waals surface area (Å²) in [5, 5.41) is 6.97. The molecule has 8 aromatic carbocycles. The summed E-state index contributed by atoms with van der Waals surface area (Å²) in [5.41, 5.74) is 12.1. The molecule has 2 heteroatoms. The van der Waals surface area contributed by atoms with E-state index in [9.17, 15) is 0 Å². The van der Waals surface area contributed by atoms with Gasteiger partial charge in [0.05, 0.1) is 0 Å². The predicted octanol–water partition coefficient (Wildman–Crippen LogP) is 14.7. The number of anilines is 2. The second kappa shape index (κ2) is 13.7. The number of benzene rings is 8. The Morgan fingerprint density at radius 1 is 0.491 bits per heavy atom. The molecule has 0 aliphatic rings. The molecular weight excluding hydrogens is 643 g/mol. The van der Waals surface area contributed by atoms with Crippen LogP contribution in [0.4, 0.5) is 11.4 Å². The van der Waals surface area contributed by atoms with Crippen LogP contribution in [-0.4, -0.2) is 0 Å². The minimum Gasteiger partial charge on any atom is -0.455 e. The molecule has 9 aromatic rings. The minimum absolute atomic E-state index is 0.902. The Labute approximate surface area is 309 Å². The number of hydrogen-bond acceptors (Lipinski definition) is 2. The highest BCUT2D eigenvalue weighted by atomic mass is 16.3. The number of allylic oxidation sites excluding steroid dienone is 5. The SMILES string of the molecule is C=C/C=C\C=C(/C)N(c1ccc(-c2ccccc2)cc1)c1ccc(-c2cccc3c2oc2c3ccc3ccc4cc(-c5ccccc5)ccc4c32)cc1. The van der Waals surface area contributed by atoms with Crippen LogP contribution in [0.3, 0.4) is 0 Å². The molecule has 0 spiro atoms. The van der Waals surface area contributed by atoms with E-state index in [0.717, 1.165) is 55.5 Å². The molecule has 0 aliphatic carbocycles. The van der Waals surface area contributed by atoms with Crippen LogP contribution in [0, 0.1) is 0 Å². The van der Waals surface area contributed by atoms with Crippen LogP contribution >= 0.6 is 0 Å². The number of fused-ring (bicyclic) bond motifs is 7. The van der Waals surface area contributed by atoms with Crippen molar-refractivity contribution in [1.29, 1.82) is 0 Å². The Bertz CT molecular complexity index is 2820. The summed E-state index contributed by atoms with van der Waals surface area (Å²) in [6.07, 6.45) is 7.89. The number of hydrogen-bond donors (Lipinski definition) is 0.